The standard InChI is InChI=1S/C17H20ClFN2/c1-3-20-11-13-8-9-15(18)10-17(13)21(2)12-14-6-4-5-7-16(14)19/h4-10,20H,3,11-12H2,1-2H3. The molecule has 2 nitrogen and oxygen atoms in total. The first-order valence-electron chi connectivity index (χ1n) is 7.05. The molecule has 0 saturated carbocycles. The fraction of sp³-hybridized carbons (Fsp3) is 0.294. The Bertz CT molecular complexity index is 601. The molecule has 0 aliphatic heterocycles. The molecule has 0 aliphatic carbocycles. The molecule has 0 unspecified atom stereocenters. The van der Waals surface area contributed by atoms with Crippen LogP contribution in [0.1, 0.15) is 18.1 Å². The Hall–Kier alpha value is -1.58. The third kappa shape index (κ3) is 4.19. The topological polar surface area (TPSA) is 15.3 Å². The summed E-state index contributed by atoms with van der Waals surface area (Å²) in [5.41, 5.74) is 2.85. The van der Waals surface area contributed by atoms with Gasteiger partial charge >= 0.3 is 0 Å². The molecule has 0 saturated heterocycles. The van der Waals surface area contributed by atoms with Crippen molar-refractivity contribution >= 4 is 17.3 Å². The summed E-state index contributed by atoms with van der Waals surface area (Å²) in [6.07, 6.45) is 0. The molecule has 21 heavy (non-hydrogen) atoms. The van der Waals surface area contributed by atoms with Gasteiger partial charge in [-0.2, -0.15) is 0 Å². The molecule has 0 heterocycles. The van der Waals surface area contributed by atoms with Crippen LogP contribution in [0.4, 0.5) is 10.1 Å². The Balaban J connectivity index is 2.23. The average molecular weight is 307 g/mol. The van der Waals surface area contributed by atoms with E-state index in [2.05, 4.69) is 12.2 Å². The number of nitrogens with one attached hydrogen (secondary N) is 1. The molecular weight excluding hydrogens is 287 g/mol. The van der Waals surface area contributed by atoms with E-state index < -0.39 is 0 Å². The highest BCUT2D eigenvalue weighted by Crippen LogP contribution is 2.26. The predicted molar refractivity (Wildman–Crippen MR) is 87.3 cm³/mol. The Labute approximate surface area is 130 Å². The largest absolute Gasteiger partial charge is 0.370 e. The maximum Gasteiger partial charge on any atom is 0.128 e. The molecule has 112 valence electrons. The summed E-state index contributed by atoms with van der Waals surface area (Å²) >= 11 is 6.11. The molecule has 0 amide bonds. The first kappa shape index (κ1) is 15.8. The van der Waals surface area contributed by atoms with Crippen molar-refractivity contribution in [3.63, 3.8) is 0 Å². The molecule has 0 bridgehead atoms. The van der Waals surface area contributed by atoms with Crippen molar-refractivity contribution in [2.75, 3.05) is 18.5 Å². The van der Waals surface area contributed by atoms with Crippen LogP contribution < -0.4 is 10.2 Å². The summed E-state index contributed by atoms with van der Waals surface area (Å²) in [5, 5.41) is 4.00. The Kier molecular flexibility index (Phi) is 5.59. The van der Waals surface area contributed by atoms with Crippen LogP contribution in [0.25, 0.3) is 0 Å². The lowest BCUT2D eigenvalue weighted by Gasteiger charge is -2.23. The van der Waals surface area contributed by atoms with E-state index in [0.717, 1.165) is 24.3 Å². The van der Waals surface area contributed by atoms with Crippen molar-refractivity contribution in [3.05, 3.63) is 64.4 Å². The van der Waals surface area contributed by atoms with Gasteiger partial charge < -0.3 is 10.2 Å². The van der Waals surface area contributed by atoms with Crippen molar-refractivity contribution in [2.45, 2.75) is 20.0 Å². The van der Waals surface area contributed by atoms with Gasteiger partial charge in [0.25, 0.3) is 0 Å². The van der Waals surface area contributed by atoms with Crippen LogP contribution >= 0.6 is 11.6 Å². The zero-order valence-electron chi connectivity index (χ0n) is 12.4. The summed E-state index contributed by atoms with van der Waals surface area (Å²) in [6.45, 7) is 4.24. The van der Waals surface area contributed by atoms with E-state index in [1.807, 2.05) is 36.2 Å². The number of hydrogen-bond acceptors (Lipinski definition) is 2. The molecule has 0 radical (unpaired) electrons. The Morgan fingerprint density at radius 2 is 1.90 bits per heavy atom. The molecule has 0 spiro atoms. The summed E-state index contributed by atoms with van der Waals surface area (Å²) in [7, 11) is 1.95. The molecule has 0 atom stereocenters. The molecular formula is C17H20ClFN2. The lowest BCUT2D eigenvalue weighted by Crippen LogP contribution is -2.21. The van der Waals surface area contributed by atoms with Crippen LogP contribution in [0.3, 0.4) is 0 Å². The zero-order chi connectivity index (χ0) is 15.2. The van der Waals surface area contributed by atoms with Gasteiger partial charge in [-0.15, -0.1) is 0 Å². The number of anilines is 1. The van der Waals surface area contributed by atoms with E-state index in [-0.39, 0.29) is 5.82 Å². The molecule has 2 aromatic rings. The Morgan fingerprint density at radius 1 is 1.14 bits per heavy atom. The van der Waals surface area contributed by atoms with Crippen LogP contribution in [0.5, 0.6) is 0 Å². The van der Waals surface area contributed by atoms with Gasteiger partial charge in [0.1, 0.15) is 5.82 Å². The SMILES string of the molecule is CCNCc1ccc(Cl)cc1N(C)Cc1ccccc1F. The van der Waals surface area contributed by atoms with Gasteiger partial charge in [-0.25, -0.2) is 4.39 Å². The van der Waals surface area contributed by atoms with E-state index in [1.54, 1.807) is 12.1 Å². The minimum absolute atomic E-state index is 0.181. The van der Waals surface area contributed by atoms with Gasteiger partial charge in [-0.3, -0.25) is 0 Å². The predicted octanol–water partition coefficient (Wildman–Crippen LogP) is 4.23. The molecule has 2 aromatic carbocycles. The van der Waals surface area contributed by atoms with Gasteiger partial charge in [0.05, 0.1) is 0 Å². The van der Waals surface area contributed by atoms with Crippen LogP contribution in [0.15, 0.2) is 42.5 Å². The monoisotopic (exact) mass is 306 g/mol. The lowest BCUT2D eigenvalue weighted by molar-refractivity contribution is 0.607. The maximum atomic E-state index is 13.8. The number of hydrogen-bond donors (Lipinski definition) is 1. The van der Waals surface area contributed by atoms with Crippen molar-refractivity contribution in [2.24, 2.45) is 0 Å². The van der Waals surface area contributed by atoms with Crippen molar-refractivity contribution < 1.29 is 4.39 Å². The van der Waals surface area contributed by atoms with Crippen LogP contribution in [0, 0.1) is 5.82 Å². The second kappa shape index (κ2) is 7.43. The molecule has 0 aliphatic rings. The van der Waals surface area contributed by atoms with Crippen molar-refractivity contribution in [1.29, 1.82) is 0 Å². The summed E-state index contributed by atoms with van der Waals surface area (Å²) in [6, 6.07) is 12.7. The first-order chi connectivity index (χ1) is 10.1. The van der Waals surface area contributed by atoms with Gasteiger partial charge in [0.15, 0.2) is 0 Å². The highest BCUT2D eigenvalue weighted by Gasteiger charge is 2.10. The van der Waals surface area contributed by atoms with E-state index in [9.17, 15) is 4.39 Å². The molecule has 1 N–H and O–H groups in total. The number of nitrogens with zero attached hydrogens (tertiary/aromatic N) is 1. The molecule has 2 rings (SSSR count). The fourth-order valence-corrected chi connectivity index (χ4v) is 2.44. The van der Waals surface area contributed by atoms with E-state index in [1.165, 1.54) is 6.07 Å². The van der Waals surface area contributed by atoms with Crippen molar-refractivity contribution in [3.8, 4) is 0 Å². The Morgan fingerprint density at radius 3 is 2.62 bits per heavy atom. The van der Waals surface area contributed by atoms with Crippen molar-refractivity contribution in [1.82, 2.24) is 5.32 Å². The summed E-state index contributed by atoms with van der Waals surface area (Å²) in [5.74, 6) is -0.181. The van der Waals surface area contributed by atoms with E-state index in [0.29, 0.717) is 17.1 Å². The van der Waals surface area contributed by atoms with E-state index >= 15 is 0 Å². The van der Waals surface area contributed by atoms with E-state index in [4.69, 9.17) is 11.6 Å². The second-order valence-electron chi connectivity index (χ2n) is 5.00. The maximum absolute atomic E-state index is 13.8. The number of benzene rings is 2. The smallest absolute Gasteiger partial charge is 0.128 e. The fourth-order valence-electron chi connectivity index (χ4n) is 2.27. The number of halogens is 2. The minimum atomic E-state index is -0.181. The molecule has 0 fully saturated rings. The number of rotatable bonds is 6. The quantitative estimate of drug-likeness (QED) is 0.859. The third-order valence-electron chi connectivity index (χ3n) is 3.39. The van der Waals surface area contributed by atoms with Gasteiger partial charge in [-0.05, 0) is 30.3 Å². The van der Waals surface area contributed by atoms with Crippen LogP contribution in [-0.2, 0) is 13.1 Å². The van der Waals surface area contributed by atoms with Gasteiger partial charge in [0, 0.05) is 36.4 Å². The normalized spacial score (nSPS) is 10.7. The van der Waals surface area contributed by atoms with Crippen LogP contribution in [-0.4, -0.2) is 13.6 Å². The summed E-state index contributed by atoms with van der Waals surface area (Å²) < 4.78 is 13.8. The molecule has 0 aromatic heterocycles. The summed E-state index contributed by atoms with van der Waals surface area (Å²) in [4.78, 5) is 2.02. The van der Waals surface area contributed by atoms with Gasteiger partial charge in [0.2, 0.25) is 0 Å². The highest BCUT2D eigenvalue weighted by molar-refractivity contribution is 6.30. The third-order valence-corrected chi connectivity index (χ3v) is 3.62. The van der Waals surface area contributed by atoms with Gasteiger partial charge in [-0.1, -0.05) is 42.8 Å². The minimum Gasteiger partial charge on any atom is -0.370 e. The lowest BCUT2D eigenvalue weighted by atomic mass is 10.1. The zero-order valence-corrected chi connectivity index (χ0v) is 13.1. The highest BCUT2D eigenvalue weighted by atomic mass is 35.5. The molecule has 4 heteroatoms. The average Bonchev–Trinajstić information content (AvgIpc) is 2.48. The second-order valence-corrected chi connectivity index (χ2v) is 5.44. The first-order valence-corrected chi connectivity index (χ1v) is 7.43. The van der Waals surface area contributed by atoms with Crippen LogP contribution in [0.2, 0.25) is 5.02 Å².